The standard InChI is InChI=1S/C23H21F3N4O4S/c1-35(33,34)30(18-8-4-7-17(12-18)23(24,25)26)15-21(31)29-20-10-3-2-9-19(20)22(32)28-14-16-6-5-11-27-13-16/h2-13H,14-15H2,1H3,(H,28,32)(H,29,31). The van der Waals surface area contributed by atoms with E-state index >= 15 is 0 Å². The molecular weight excluding hydrogens is 485 g/mol. The Bertz CT molecular complexity index is 1320. The zero-order chi connectivity index (χ0) is 25.6. The molecule has 3 aromatic rings. The molecular formula is C23H21F3N4O4S. The molecule has 2 amide bonds. The van der Waals surface area contributed by atoms with Gasteiger partial charge in [0.1, 0.15) is 6.54 Å². The molecule has 0 spiro atoms. The van der Waals surface area contributed by atoms with Gasteiger partial charge in [0.2, 0.25) is 15.9 Å². The van der Waals surface area contributed by atoms with E-state index in [2.05, 4.69) is 15.6 Å². The van der Waals surface area contributed by atoms with Crippen molar-refractivity contribution in [2.24, 2.45) is 0 Å². The minimum atomic E-state index is -4.69. The molecule has 0 aliphatic heterocycles. The van der Waals surface area contributed by atoms with Crippen LogP contribution in [0.3, 0.4) is 0 Å². The number of halogens is 3. The van der Waals surface area contributed by atoms with Crippen LogP contribution in [0.4, 0.5) is 24.5 Å². The van der Waals surface area contributed by atoms with Gasteiger partial charge in [0.05, 0.1) is 28.8 Å². The molecule has 1 aromatic heterocycles. The predicted octanol–water partition coefficient (Wildman–Crippen LogP) is 3.44. The molecule has 184 valence electrons. The fraction of sp³-hybridized carbons (Fsp3) is 0.174. The third-order valence-electron chi connectivity index (χ3n) is 4.77. The fourth-order valence-corrected chi connectivity index (χ4v) is 3.98. The smallest absolute Gasteiger partial charge is 0.348 e. The Balaban J connectivity index is 1.77. The zero-order valence-corrected chi connectivity index (χ0v) is 19.2. The van der Waals surface area contributed by atoms with Crippen LogP contribution in [0.5, 0.6) is 0 Å². The van der Waals surface area contributed by atoms with Crippen LogP contribution in [0.25, 0.3) is 0 Å². The number of amides is 2. The number of benzene rings is 2. The van der Waals surface area contributed by atoms with Crippen molar-refractivity contribution >= 4 is 33.2 Å². The molecule has 0 unspecified atom stereocenters. The largest absolute Gasteiger partial charge is 0.416 e. The van der Waals surface area contributed by atoms with Gasteiger partial charge in [-0.1, -0.05) is 24.3 Å². The normalized spacial score (nSPS) is 11.5. The van der Waals surface area contributed by atoms with Gasteiger partial charge in [-0.25, -0.2) is 8.42 Å². The first-order valence-corrected chi connectivity index (χ1v) is 12.0. The number of nitrogens with zero attached hydrogens (tertiary/aromatic N) is 2. The van der Waals surface area contributed by atoms with Gasteiger partial charge in [-0.15, -0.1) is 0 Å². The number of para-hydroxylation sites is 1. The Morgan fingerprint density at radius 3 is 2.43 bits per heavy atom. The van der Waals surface area contributed by atoms with E-state index in [1.807, 2.05) is 0 Å². The van der Waals surface area contributed by atoms with Gasteiger partial charge in [0.25, 0.3) is 5.91 Å². The number of hydrogen-bond acceptors (Lipinski definition) is 5. The van der Waals surface area contributed by atoms with Gasteiger partial charge in [-0.05, 0) is 42.0 Å². The second-order valence-electron chi connectivity index (χ2n) is 7.46. The number of nitrogens with one attached hydrogen (secondary N) is 2. The first kappa shape index (κ1) is 25.7. The van der Waals surface area contributed by atoms with Crippen molar-refractivity contribution in [2.45, 2.75) is 12.7 Å². The Morgan fingerprint density at radius 1 is 1.03 bits per heavy atom. The van der Waals surface area contributed by atoms with Gasteiger partial charge < -0.3 is 10.6 Å². The molecule has 0 fully saturated rings. The van der Waals surface area contributed by atoms with E-state index in [0.29, 0.717) is 10.4 Å². The summed E-state index contributed by atoms with van der Waals surface area (Å²) in [6.07, 6.45) is -0.735. The lowest BCUT2D eigenvalue weighted by Gasteiger charge is -2.23. The van der Waals surface area contributed by atoms with Crippen molar-refractivity contribution in [1.29, 1.82) is 0 Å². The molecule has 1 heterocycles. The lowest BCUT2D eigenvalue weighted by molar-refractivity contribution is -0.137. The highest BCUT2D eigenvalue weighted by molar-refractivity contribution is 7.92. The summed E-state index contributed by atoms with van der Waals surface area (Å²) in [5.41, 5.74) is -0.389. The lowest BCUT2D eigenvalue weighted by atomic mass is 10.1. The fourth-order valence-electron chi connectivity index (χ4n) is 3.13. The quantitative estimate of drug-likeness (QED) is 0.487. The number of hydrogen-bond donors (Lipinski definition) is 2. The van der Waals surface area contributed by atoms with Gasteiger partial charge in [0.15, 0.2) is 0 Å². The van der Waals surface area contributed by atoms with E-state index in [0.717, 1.165) is 30.0 Å². The summed E-state index contributed by atoms with van der Waals surface area (Å²) >= 11 is 0. The van der Waals surface area contributed by atoms with Crippen molar-refractivity contribution in [1.82, 2.24) is 10.3 Å². The first-order valence-electron chi connectivity index (χ1n) is 10.2. The average Bonchev–Trinajstić information content (AvgIpc) is 2.81. The van der Waals surface area contributed by atoms with Gasteiger partial charge in [-0.3, -0.25) is 18.9 Å². The zero-order valence-electron chi connectivity index (χ0n) is 18.4. The monoisotopic (exact) mass is 506 g/mol. The molecule has 35 heavy (non-hydrogen) atoms. The Morgan fingerprint density at radius 2 is 1.77 bits per heavy atom. The number of anilines is 2. The molecule has 0 saturated carbocycles. The third kappa shape index (κ3) is 7.03. The van der Waals surface area contributed by atoms with Crippen molar-refractivity contribution in [3.63, 3.8) is 0 Å². The number of aromatic nitrogens is 1. The maximum Gasteiger partial charge on any atom is 0.416 e. The molecule has 2 N–H and O–H groups in total. The molecule has 0 saturated heterocycles. The Hall–Kier alpha value is -3.93. The average molecular weight is 507 g/mol. The predicted molar refractivity (Wildman–Crippen MR) is 124 cm³/mol. The summed E-state index contributed by atoms with van der Waals surface area (Å²) in [6.45, 7) is -0.613. The maximum atomic E-state index is 13.1. The van der Waals surface area contributed by atoms with Crippen LogP contribution in [0.1, 0.15) is 21.5 Å². The Kier molecular flexibility index (Phi) is 7.75. The van der Waals surface area contributed by atoms with Gasteiger partial charge in [0, 0.05) is 18.9 Å². The summed E-state index contributed by atoms with van der Waals surface area (Å²) in [5, 5.41) is 5.16. The molecule has 3 rings (SSSR count). The lowest BCUT2D eigenvalue weighted by Crippen LogP contribution is -2.38. The van der Waals surface area contributed by atoms with Crippen molar-refractivity contribution in [3.05, 3.63) is 89.7 Å². The molecule has 0 atom stereocenters. The minimum absolute atomic E-state index is 0.110. The number of pyridine rings is 1. The molecule has 0 radical (unpaired) electrons. The highest BCUT2D eigenvalue weighted by Crippen LogP contribution is 2.32. The van der Waals surface area contributed by atoms with Crippen molar-refractivity contribution in [2.75, 3.05) is 22.4 Å². The van der Waals surface area contributed by atoms with E-state index in [1.165, 1.54) is 12.1 Å². The molecule has 2 aromatic carbocycles. The van der Waals surface area contributed by atoms with Crippen LogP contribution < -0.4 is 14.9 Å². The van der Waals surface area contributed by atoms with Crippen molar-refractivity contribution in [3.8, 4) is 0 Å². The summed E-state index contributed by atoms with van der Waals surface area (Å²) in [6, 6.07) is 13.2. The summed E-state index contributed by atoms with van der Waals surface area (Å²) < 4.78 is 64.3. The van der Waals surface area contributed by atoms with Gasteiger partial charge >= 0.3 is 6.18 Å². The Labute approximate surface area is 199 Å². The second kappa shape index (κ2) is 10.6. The highest BCUT2D eigenvalue weighted by Gasteiger charge is 2.32. The first-order chi connectivity index (χ1) is 16.4. The van der Waals surface area contributed by atoms with E-state index in [-0.39, 0.29) is 23.5 Å². The summed E-state index contributed by atoms with van der Waals surface area (Å²) in [4.78, 5) is 29.3. The van der Waals surface area contributed by atoms with Crippen LogP contribution in [0, 0.1) is 0 Å². The van der Waals surface area contributed by atoms with Crippen LogP contribution >= 0.6 is 0 Å². The minimum Gasteiger partial charge on any atom is -0.348 e. The number of alkyl halides is 3. The van der Waals surface area contributed by atoms with Crippen LogP contribution in [0.15, 0.2) is 73.1 Å². The van der Waals surface area contributed by atoms with Crippen molar-refractivity contribution < 1.29 is 31.2 Å². The van der Waals surface area contributed by atoms with E-state index in [4.69, 9.17) is 0 Å². The molecule has 12 heteroatoms. The van der Waals surface area contributed by atoms with Crippen LogP contribution in [0.2, 0.25) is 0 Å². The second-order valence-corrected chi connectivity index (χ2v) is 9.36. The summed E-state index contributed by atoms with van der Waals surface area (Å²) in [7, 11) is -4.11. The van der Waals surface area contributed by atoms with E-state index < -0.39 is 40.1 Å². The highest BCUT2D eigenvalue weighted by atomic mass is 32.2. The molecule has 0 aliphatic carbocycles. The molecule has 0 aliphatic rings. The number of rotatable bonds is 8. The SMILES string of the molecule is CS(=O)(=O)N(CC(=O)Nc1ccccc1C(=O)NCc1cccnc1)c1cccc(C(F)(F)F)c1. The van der Waals surface area contributed by atoms with Crippen LogP contribution in [-0.4, -0.2) is 38.0 Å². The molecule has 0 bridgehead atoms. The topological polar surface area (TPSA) is 108 Å². The summed E-state index contributed by atoms with van der Waals surface area (Å²) in [5.74, 6) is -1.34. The third-order valence-corrected chi connectivity index (χ3v) is 5.91. The number of carbonyl (C=O) groups is 2. The van der Waals surface area contributed by atoms with Gasteiger partial charge in [-0.2, -0.15) is 13.2 Å². The maximum absolute atomic E-state index is 13.1. The van der Waals surface area contributed by atoms with E-state index in [1.54, 1.807) is 36.7 Å². The number of sulfonamides is 1. The molecule has 8 nitrogen and oxygen atoms in total. The van der Waals surface area contributed by atoms with E-state index in [9.17, 15) is 31.2 Å². The number of carbonyl (C=O) groups excluding carboxylic acids is 2. The van der Waals surface area contributed by atoms with Crippen LogP contribution in [-0.2, 0) is 27.5 Å².